The van der Waals surface area contributed by atoms with Gasteiger partial charge in [-0.2, -0.15) is 0 Å². The van der Waals surface area contributed by atoms with E-state index in [2.05, 4.69) is 4.90 Å². The van der Waals surface area contributed by atoms with Gasteiger partial charge in [0.15, 0.2) is 0 Å². The molecule has 2 aliphatic heterocycles. The lowest BCUT2D eigenvalue weighted by Gasteiger charge is -2.37. The number of piperazine rings is 1. The molecular formula is C16H30N4O2. The molecule has 0 aromatic carbocycles. The number of carbonyl (C=O) groups excluding carboxylic acids is 1. The Hall–Kier alpha value is -1.69. The van der Waals surface area contributed by atoms with Gasteiger partial charge in [-0.15, -0.1) is 0 Å². The van der Waals surface area contributed by atoms with E-state index in [1.54, 1.807) is 6.08 Å². The van der Waals surface area contributed by atoms with Gasteiger partial charge in [-0.05, 0) is 25.5 Å². The van der Waals surface area contributed by atoms with Crippen LogP contribution in [0.1, 0.15) is 27.2 Å². The van der Waals surface area contributed by atoms with Crippen LogP contribution in [0.3, 0.4) is 0 Å². The van der Waals surface area contributed by atoms with Crippen molar-refractivity contribution in [1.29, 1.82) is 0 Å². The minimum absolute atomic E-state index is 0.0530. The molecule has 0 aliphatic carbocycles. The van der Waals surface area contributed by atoms with E-state index in [-0.39, 0.29) is 11.8 Å². The highest BCUT2D eigenvalue weighted by Gasteiger charge is 2.30. The fourth-order valence-corrected chi connectivity index (χ4v) is 2.49. The van der Waals surface area contributed by atoms with Crippen LogP contribution in [0, 0.1) is 5.92 Å². The number of nitrogens with zero attached hydrogens (tertiary/aromatic N) is 2. The number of allylic oxidation sites excluding steroid dienone is 3. The van der Waals surface area contributed by atoms with Gasteiger partial charge in [0, 0.05) is 38.5 Å². The minimum atomic E-state index is 0.0530. The summed E-state index contributed by atoms with van der Waals surface area (Å²) in [5.41, 5.74) is 12.3. The van der Waals surface area contributed by atoms with E-state index >= 15 is 0 Å². The van der Waals surface area contributed by atoms with Crippen LogP contribution in [0.2, 0.25) is 0 Å². The number of amides is 1. The van der Waals surface area contributed by atoms with Crippen LogP contribution in [-0.2, 0) is 9.53 Å². The Kier molecular flexibility index (Phi) is 7.80. The van der Waals surface area contributed by atoms with Crippen molar-refractivity contribution >= 4 is 5.91 Å². The normalized spacial score (nSPS) is 23.1. The van der Waals surface area contributed by atoms with E-state index < -0.39 is 0 Å². The lowest BCUT2D eigenvalue weighted by molar-refractivity contribution is -0.137. The van der Waals surface area contributed by atoms with Crippen molar-refractivity contribution in [2.24, 2.45) is 17.4 Å². The van der Waals surface area contributed by atoms with Crippen molar-refractivity contribution in [3.8, 4) is 0 Å². The molecule has 2 heterocycles. The first-order chi connectivity index (χ1) is 10.6. The third-order valence-electron chi connectivity index (χ3n) is 3.75. The Balaban J connectivity index is 0.00000116. The highest BCUT2D eigenvalue weighted by molar-refractivity contribution is 5.79. The molecule has 0 aromatic rings. The molecule has 2 fully saturated rings. The second-order valence-corrected chi connectivity index (χ2v) is 5.38. The molecule has 126 valence electrons. The van der Waals surface area contributed by atoms with E-state index in [1.807, 2.05) is 31.7 Å². The third-order valence-corrected chi connectivity index (χ3v) is 3.75. The number of hydrogen-bond donors (Lipinski definition) is 2. The highest BCUT2D eigenvalue weighted by Crippen LogP contribution is 2.17. The predicted octanol–water partition coefficient (Wildman–Crippen LogP) is 0.856. The van der Waals surface area contributed by atoms with Crippen molar-refractivity contribution in [2.75, 3.05) is 39.4 Å². The van der Waals surface area contributed by atoms with Crippen molar-refractivity contribution in [3.63, 3.8) is 0 Å². The highest BCUT2D eigenvalue weighted by atomic mass is 16.5. The molecule has 6 nitrogen and oxygen atoms in total. The Morgan fingerprint density at radius 3 is 2.18 bits per heavy atom. The number of rotatable bonds is 3. The molecule has 6 heteroatoms. The molecule has 1 atom stereocenters. The topological polar surface area (TPSA) is 84.8 Å². The van der Waals surface area contributed by atoms with Crippen molar-refractivity contribution in [2.45, 2.75) is 27.2 Å². The van der Waals surface area contributed by atoms with Gasteiger partial charge in [0.05, 0.1) is 18.3 Å². The maximum atomic E-state index is 12.2. The molecule has 1 amide bonds. The van der Waals surface area contributed by atoms with Crippen LogP contribution in [0.4, 0.5) is 0 Å². The van der Waals surface area contributed by atoms with E-state index in [4.69, 9.17) is 16.2 Å². The molecule has 2 rings (SSSR count). The standard InChI is InChI=1S/C14H24N4O2.C2H6/c1-11(15)2-3-13(16)17-5-7-18(8-6-17)14(19)12-4-9-20-10-12;1-2/h2-3,12H,4-10,15-16H2,1H3;1-2H3/b11-2-,13-3+;. The fraction of sp³-hybridized carbons (Fsp3) is 0.688. The first kappa shape index (κ1) is 18.4. The number of carbonyl (C=O) groups is 1. The summed E-state index contributed by atoms with van der Waals surface area (Å²) < 4.78 is 5.28. The minimum Gasteiger partial charge on any atom is -0.402 e. The van der Waals surface area contributed by atoms with Gasteiger partial charge in [-0.3, -0.25) is 4.79 Å². The summed E-state index contributed by atoms with van der Waals surface area (Å²) in [5, 5.41) is 0. The lowest BCUT2D eigenvalue weighted by atomic mass is 10.1. The van der Waals surface area contributed by atoms with Gasteiger partial charge in [0.1, 0.15) is 0 Å². The van der Waals surface area contributed by atoms with Crippen LogP contribution >= 0.6 is 0 Å². The third kappa shape index (κ3) is 5.26. The zero-order valence-corrected chi connectivity index (χ0v) is 14.0. The molecule has 0 aromatic heterocycles. The number of nitrogens with two attached hydrogens (primary N) is 2. The molecule has 2 saturated heterocycles. The van der Waals surface area contributed by atoms with Crippen LogP contribution in [0.5, 0.6) is 0 Å². The summed E-state index contributed by atoms with van der Waals surface area (Å²) >= 11 is 0. The Morgan fingerprint density at radius 1 is 1.09 bits per heavy atom. The quantitative estimate of drug-likeness (QED) is 0.755. The summed E-state index contributed by atoms with van der Waals surface area (Å²) in [6.45, 7) is 10.1. The van der Waals surface area contributed by atoms with Crippen molar-refractivity contribution < 1.29 is 9.53 Å². The van der Waals surface area contributed by atoms with Crippen LogP contribution < -0.4 is 11.5 Å². The molecule has 0 spiro atoms. The molecule has 0 bridgehead atoms. The maximum Gasteiger partial charge on any atom is 0.228 e. The summed E-state index contributed by atoms with van der Waals surface area (Å²) in [4.78, 5) is 16.2. The number of hydrogen-bond acceptors (Lipinski definition) is 5. The largest absolute Gasteiger partial charge is 0.402 e. The molecule has 2 aliphatic rings. The second-order valence-electron chi connectivity index (χ2n) is 5.38. The lowest BCUT2D eigenvalue weighted by Crippen LogP contribution is -2.50. The zero-order valence-electron chi connectivity index (χ0n) is 14.0. The van der Waals surface area contributed by atoms with Crippen LogP contribution in [0.15, 0.2) is 23.7 Å². The first-order valence-corrected chi connectivity index (χ1v) is 8.09. The Bertz CT molecular complexity index is 402. The van der Waals surface area contributed by atoms with Crippen molar-refractivity contribution in [1.82, 2.24) is 9.80 Å². The van der Waals surface area contributed by atoms with Crippen LogP contribution in [0.25, 0.3) is 0 Å². The molecule has 4 N–H and O–H groups in total. The van der Waals surface area contributed by atoms with E-state index in [9.17, 15) is 4.79 Å². The summed E-state index contributed by atoms with van der Waals surface area (Å²) in [6.07, 6.45) is 4.46. The SMILES string of the molecule is C/C(N)=C/C=C(\N)N1CCN(C(=O)C2CCOC2)CC1.CC. The van der Waals surface area contributed by atoms with Gasteiger partial charge in [0.2, 0.25) is 5.91 Å². The predicted molar refractivity (Wildman–Crippen MR) is 88.6 cm³/mol. The number of ether oxygens (including phenoxy) is 1. The van der Waals surface area contributed by atoms with Gasteiger partial charge in [-0.1, -0.05) is 13.8 Å². The monoisotopic (exact) mass is 310 g/mol. The van der Waals surface area contributed by atoms with Gasteiger partial charge < -0.3 is 26.0 Å². The average Bonchev–Trinajstić information content (AvgIpc) is 3.08. The summed E-state index contributed by atoms with van der Waals surface area (Å²) in [6, 6.07) is 0. The average molecular weight is 310 g/mol. The van der Waals surface area contributed by atoms with E-state index in [0.29, 0.717) is 19.0 Å². The zero-order chi connectivity index (χ0) is 16.5. The van der Waals surface area contributed by atoms with Crippen LogP contribution in [-0.4, -0.2) is 55.1 Å². The van der Waals surface area contributed by atoms with E-state index in [0.717, 1.165) is 38.3 Å². The van der Waals surface area contributed by atoms with Gasteiger partial charge >= 0.3 is 0 Å². The second kappa shape index (κ2) is 9.35. The summed E-state index contributed by atoms with van der Waals surface area (Å²) in [7, 11) is 0. The maximum absolute atomic E-state index is 12.2. The fourth-order valence-electron chi connectivity index (χ4n) is 2.49. The first-order valence-electron chi connectivity index (χ1n) is 8.09. The van der Waals surface area contributed by atoms with Crippen molar-refractivity contribution in [3.05, 3.63) is 23.7 Å². The molecule has 1 unspecified atom stereocenters. The smallest absolute Gasteiger partial charge is 0.228 e. The van der Waals surface area contributed by atoms with Gasteiger partial charge in [0.25, 0.3) is 0 Å². The molecule has 0 radical (unpaired) electrons. The summed E-state index contributed by atoms with van der Waals surface area (Å²) in [5.74, 6) is 0.978. The van der Waals surface area contributed by atoms with Gasteiger partial charge in [-0.25, -0.2) is 0 Å². The Morgan fingerprint density at radius 2 is 1.68 bits per heavy atom. The molecule has 22 heavy (non-hydrogen) atoms. The van der Waals surface area contributed by atoms with E-state index in [1.165, 1.54) is 0 Å². The Labute approximate surface area is 133 Å². The molecule has 0 saturated carbocycles. The molecular weight excluding hydrogens is 280 g/mol.